The van der Waals surface area contributed by atoms with Crippen LogP contribution in [-0.2, 0) is 0 Å². The van der Waals surface area contributed by atoms with Crippen LogP contribution in [0.1, 0.15) is 44.1 Å². The maximum absolute atomic E-state index is 9.14. The van der Waals surface area contributed by atoms with Crippen LogP contribution >= 0.6 is 0 Å². The second kappa shape index (κ2) is 5.72. The van der Waals surface area contributed by atoms with Crippen molar-refractivity contribution in [3.05, 3.63) is 29.8 Å². The third-order valence-corrected chi connectivity index (χ3v) is 3.78. The topological polar surface area (TPSA) is 27.0 Å². The first-order chi connectivity index (χ1) is 8.33. The third kappa shape index (κ3) is 2.79. The number of nitrogens with zero attached hydrogens (tertiary/aromatic N) is 2. The minimum atomic E-state index is 0.604. The highest BCUT2D eigenvalue weighted by molar-refractivity contribution is 5.59. The van der Waals surface area contributed by atoms with Gasteiger partial charge >= 0.3 is 0 Å². The van der Waals surface area contributed by atoms with E-state index in [4.69, 9.17) is 5.26 Å². The molecular weight excluding hydrogens is 208 g/mol. The van der Waals surface area contributed by atoms with E-state index in [1.165, 1.54) is 38.5 Å². The zero-order chi connectivity index (χ0) is 12.1. The largest absolute Gasteiger partial charge is 0.371 e. The van der Waals surface area contributed by atoms with E-state index in [1.54, 1.807) is 0 Å². The predicted molar refractivity (Wildman–Crippen MR) is 71.1 cm³/mol. The molecule has 1 fully saturated rings. The number of para-hydroxylation sites is 1. The van der Waals surface area contributed by atoms with E-state index in [0.717, 1.165) is 11.3 Å². The zero-order valence-corrected chi connectivity index (χ0v) is 10.5. The summed E-state index contributed by atoms with van der Waals surface area (Å²) >= 11 is 0. The van der Waals surface area contributed by atoms with Gasteiger partial charge in [-0.25, -0.2) is 0 Å². The molecule has 0 saturated heterocycles. The highest BCUT2D eigenvalue weighted by Gasteiger charge is 2.18. The van der Waals surface area contributed by atoms with Gasteiger partial charge in [-0.15, -0.1) is 0 Å². The molecule has 2 nitrogen and oxygen atoms in total. The quantitative estimate of drug-likeness (QED) is 0.721. The Bertz CT molecular complexity index is 398. The summed E-state index contributed by atoms with van der Waals surface area (Å²) in [5.41, 5.74) is 1.88. The van der Waals surface area contributed by atoms with Crippen molar-refractivity contribution < 1.29 is 0 Å². The van der Waals surface area contributed by atoms with Crippen LogP contribution in [0.5, 0.6) is 0 Å². The van der Waals surface area contributed by atoms with Crippen molar-refractivity contribution in [1.29, 1.82) is 5.26 Å². The molecule has 1 saturated carbocycles. The van der Waals surface area contributed by atoms with Crippen LogP contribution in [0.15, 0.2) is 24.3 Å². The number of nitriles is 1. The molecular formula is C15H20N2. The predicted octanol–water partition coefficient (Wildman–Crippen LogP) is 3.72. The molecule has 1 aliphatic carbocycles. The summed E-state index contributed by atoms with van der Waals surface area (Å²) in [6.45, 7) is 0. The molecule has 2 heteroatoms. The molecule has 0 radical (unpaired) electrons. The van der Waals surface area contributed by atoms with Crippen LogP contribution in [0, 0.1) is 11.3 Å². The summed E-state index contributed by atoms with van der Waals surface area (Å²) in [5, 5.41) is 9.14. The molecule has 90 valence electrons. The van der Waals surface area contributed by atoms with Crippen molar-refractivity contribution in [3.63, 3.8) is 0 Å². The molecule has 1 aromatic carbocycles. The number of anilines is 1. The fourth-order valence-electron chi connectivity index (χ4n) is 2.72. The van der Waals surface area contributed by atoms with E-state index >= 15 is 0 Å². The summed E-state index contributed by atoms with van der Waals surface area (Å²) in [5.74, 6) is 0. The fraction of sp³-hybridized carbons (Fsp3) is 0.533. The van der Waals surface area contributed by atoms with Gasteiger partial charge in [0, 0.05) is 13.1 Å². The van der Waals surface area contributed by atoms with Gasteiger partial charge in [0.15, 0.2) is 0 Å². The molecule has 0 N–H and O–H groups in total. The number of hydrogen-bond acceptors (Lipinski definition) is 2. The van der Waals surface area contributed by atoms with Gasteiger partial charge in [-0.2, -0.15) is 5.26 Å². The maximum Gasteiger partial charge on any atom is 0.101 e. The van der Waals surface area contributed by atoms with Crippen molar-refractivity contribution in [3.8, 4) is 6.07 Å². The maximum atomic E-state index is 9.14. The second-order valence-electron chi connectivity index (χ2n) is 4.89. The molecule has 0 aromatic heterocycles. The average molecular weight is 228 g/mol. The summed E-state index contributed by atoms with van der Waals surface area (Å²) < 4.78 is 0. The molecule has 0 bridgehead atoms. The third-order valence-electron chi connectivity index (χ3n) is 3.78. The molecule has 0 aliphatic heterocycles. The molecule has 17 heavy (non-hydrogen) atoms. The monoisotopic (exact) mass is 228 g/mol. The normalized spacial score (nSPS) is 17.2. The Kier molecular flexibility index (Phi) is 4.03. The Morgan fingerprint density at radius 3 is 2.41 bits per heavy atom. The highest BCUT2D eigenvalue weighted by atomic mass is 15.1. The molecule has 1 aromatic rings. The second-order valence-corrected chi connectivity index (χ2v) is 4.89. The molecule has 0 amide bonds. The average Bonchev–Trinajstić information content (AvgIpc) is 2.66. The van der Waals surface area contributed by atoms with Crippen molar-refractivity contribution in [1.82, 2.24) is 0 Å². The van der Waals surface area contributed by atoms with Crippen LogP contribution in [0.25, 0.3) is 0 Å². The van der Waals surface area contributed by atoms with Crippen LogP contribution in [-0.4, -0.2) is 13.1 Å². The number of rotatable bonds is 2. The van der Waals surface area contributed by atoms with Gasteiger partial charge in [-0.1, -0.05) is 37.8 Å². The smallest absolute Gasteiger partial charge is 0.101 e. The lowest BCUT2D eigenvalue weighted by Gasteiger charge is -2.29. The Labute approximate surface area is 104 Å². The number of hydrogen-bond donors (Lipinski definition) is 0. The van der Waals surface area contributed by atoms with Gasteiger partial charge in [0.25, 0.3) is 0 Å². The minimum Gasteiger partial charge on any atom is -0.371 e. The van der Waals surface area contributed by atoms with Gasteiger partial charge in [0.05, 0.1) is 11.3 Å². The van der Waals surface area contributed by atoms with Crippen molar-refractivity contribution >= 4 is 5.69 Å². The van der Waals surface area contributed by atoms with E-state index in [2.05, 4.69) is 24.1 Å². The SMILES string of the molecule is CN(c1ccccc1C#N)C1CCCCCC1. The van der Waals surface area contributed by atoms with Gasteiger partial charge in [0.1, 0.15) is 6.07 Å². The molecule has 0 atom stereocenters. The summed E-state index contributed by atoms with van der Waals surface area (Å²) in [6.07, 6.45) is 7.90. The van der Waals surface area contributed by atoms with Gasteiger partial charge in [-0.05, 0) is 25.0 Å². The first-order valence-corrected chi connectivity index (χ1v) is 6.55. The highest BCUT2D eigenvalue weighted by Crippen LogP contribution is 2.27. The Balaban J connectivity index is 2.17. The summed E-state index contributed by atoms with van der Waals surface area (Å²) in [4.78, 5) is 2.31. The van der Waals surface area contributed by atoms with Gasteiger partial charge < -0.3 is 4.90 Å². The summed E-state index contributed by atoms with van der Waals surface area (Å²) in [7, 11) is 2.13. The van der Waals surface area contributed by atoms with E-state index < -0.39 is 0 Å². The van der Waals surface area contributed by atoms with E-state index in [-0.39, 0.29) is 0 Å². The Morgan fingerprint density at radius 2 is 1.76 bits per heavy atom. The standard InChI is InChI=1S/C15H20N2/c1-17(14-9-4-2-3-5-10-14)15-11-7-6-8-13(15)12-16/h6-8,11,14H,2-5,9-10H2,1H3. The van der Waals surface area contributed by atoms with E-state index in [1.807, 2.05) is 18.2 Å². The van der Waals surface area contributed by atoms with Crippen LogP contribution < -0.4 is 4.90 Å². The van der Waals surface area contributed by atoms with Crippen LogP contribution in [0.2, 0.25) is 0 Å². The van der Waals surface area contributed by atoms with Crippen molar-refractivity contribution in [2.45, 2.75) is 44.6 Å². The minimum absolute atomic E-state index is 0.604. The summed E-state index contributed by atoms with van der Waals surface area (Å²) in [6, 6.07) is 10.8. The van der Waals surface area contributed by atoms with E-state index in [9.17, 15) is 0 Å². The van der Waals surface area contributed by atoms with Crippen molar-refractivity contribution in [2.75, 3.05) is 11.9 Å². The zero-order valence-electron chi connectivity index (χ0n) is 10.5. The molecule has 0 unspecified atom stereocenters. The molecule has 2 rings (SSSR count). The molecule has 0 heterocycles. The lowest BCUT2D eigenvalue weighted by molar-refractivity contribution is 0.553. The van der Waals surface area contributed by atoms with Crippen LogP contribution in [0.4, 0.5) is 5.69 Å². The van der Waals surface area contributed by atoms with Crippen molar-refractivity contribution in [2.24, 2.45) is 0 Å². The van der Waals surface area contributed by atoms with E-state index in [0.29, 0.717) is 6.04 Å². The Morgan fingerprint density at radius 1 is 1.12 bits per heavy atom. The molecule has 1 aliphatic rings. The lowest BCUT2D eigenvalue weighted by Crippen LogP contribution is -2.31. The first kappa shape index (κ1) is 12.0. The van der Waals surface area contributed by atoms with Crippen LogP contribution in [0.3, 0.4) is 0 Å². The van der Waals surface area contributed by atoms with Gasteiger partial charge in [-0.3, -0.25) is 0 Å². The fourth-order valence-corrected chi connectivity index (χ4v) is 2.72. The number of benzene rings is 1. The Hall–Kier alpha value is -1.49. The first-order valence-electron chi connectivity index (χ1n) is 6.55. The molecule has 0 spiro atoms. The lowest BCUT2D eigenvalue weighted by atomic mass is 10.1. The van der Waals surface area contributed by atoms with Gasteiger partial charge in [0.2, 0.25) is 0 Å².